The standard InChI is InChI=1S/C15H10BrFN4O2/c16-11-4-3-10(12(17)6-11)8-21-14(9-2-1-5-18-7-9)13(15(22)23)19-20-21/h1-7H,8H2,(H,22,23). The van der Waals surface area contributed by atoms with E-state index in [0.717, 1.165) is 0 Å². The first kappa shape index (κ1) is 15.3. The molecule has 116 valence electrons. The molecule has 2 heterocycles. The van der Waals surface area contributed by atoms with Crippen molar-refractivity contribution < 1.29 is 14.3 Å². The molecule has 6 nitrogen and oxygen atoms in total. The molecule has 0 aliphatic heterocycles. The maximum atomic E-state index is 14.0. The van der Waals surface area contributed by atoms with Gasteiger partial charge in [-0.3, -0.25) is 4.98 Å². The maximum absolute atomic E-state index is 14.0. The highest BCUT2D eigenvalue weighted by molar-refractivity contribution is 9.10. The molecule has 0 saturated heterocycles. The zero-order valence-corrected chi connectivity index (χ0v) is 13.2. The third-order valence-corrected chi connectivity index (χ3v) is 3.70. The Labute approximate surface area is 138 Å². The van der Waals surface area contributed by atoms with Crippen molar-refractivity contribution in [3.05, 3.63) is 64.3 Å². The quantitative estimate of drug-likeness (QED) is 0.756. The van der Waals surface area contributed by atoms with Crippen LogP contribution in [-0.4, -0.2) is 31.1 Å². The van der Waals surface area contributed by atoms with E-state index in [0.29, 0.717) is 15.6 Å². The minimum Gasteiger partial charge on any atom is -0.476 e. The molecular weight excluding hydrogens is 367 g/mol. The Kier molecular flexibility index (Phi) is 4.16. The molecule has 0 fully saturated rings. The van der Waals surface area contributed by atoms with Crippen LogP contribution in [0.25, 0.3) is 11.3 Å². The summed E-state index contributed by atoms with van der Waals surface area (Å²) in [5.41, 5.74) is 1.01. The van der Waals surface area contributed by atoms with Gasteiger partial charge in [-0.1, -0.05) is 27.2 Å². The second kappa shape index (κ2) is 6.25. The highest BCUT2D eigenvalue weighted by Crippen LogP contribution is 2.23. The van der Waals surface area contributed by atoms with Crippen LogP contribution in [0.2, 0.25) is 0 Å². The van der Waals surface area contributed by atoms with Crippen LogP contribution in [0.15, 0.2) is 47.2 Å². The number of carbonyl (C=O) groups is 1. The highest BCUT2D eigenvalue weighted by Gasteiger charge is 2.21. The smallest absolute Gasteiger partial charge is 0.358 e. The molecule has 23 heavy (non-hydrogen) atoms. The van der Waals surface area contributed by atoms with Gasteiger partial charge in [0.05, 0.1) is 6.54 Å². The second-order valence-corrected chi connectivity index (χ2v) is 5.64. The molecule has 0 aliphatic carbocycles. The molecule has 0 amide bonds. The lowest BCUT2D eigenvalue weighted by atomic mass is 10.1. The van der Waals surface area contributed by atoms with Crippen LogP contribution in [0.5, 0.6) is 0 Å². The van der Waals surface area contributed by atoms with Crippen LogP contribution in [-0.2, 0) is 6.54 Å². The van der Waals surface area contributed by atoms with Crippen molar-refractivity contribution in [1.82, 2.24) is 20.0 Å². The Morgan fingerprint density at radius 1 is 1.35 bits per heavy atom. The van der Waals surface area contributed by atoms with Gasteiger partial charge in [-0.25, -0.2) is 13.9 Å². The van der Waals surface area contributed by atoms with E-state index in [2.05, 4.69) is 31.2 Å². The van der Waals surface area contributed by atoms with Gasteiger partial charge in [-0.15, -0.1) is 5.10 Å². The lowest BCUT2D eigenvalue weighted by Gasteiger charge is -2.08. The number of hydrogen-bond donors (Lipinski definition) is 1. The summed E-state index contributed by atoms with van der Waals surface area (Å²) >= 11 is 3.20. The Hall–Kier alpha value is -2.61. The van der Waals surface area contributed by atoms with E-state index in [-0.39, 0.29) is 17.9 Å². The van der Waals surface area contributed by atoms with Crippen molar-refractivity contribution in [3.63, 3.8) is 0 Å². The van der Waals surface area contributed by atoms with Crippen molar-refractivity contribution in [2.45, 2.75) is 6.54 Å². The van der Waals surface area contributed by atoms with E-state index in [4.69, 9.17) is 0 Å². The van der Waals surface area contributed by atoms with Gasteiger partial charge in [0.15, 0.2) is 5.69 Å². The lowest BCUT2D eigenvalue weighted by molar-refractivity contribution is 0.0691. The van der Waals surface area contributed by atoms with E-state index in [1.807, 2.05) is 0 Å². The summed E-state index contributed by atoms with van der Waals surface area (Å²) in [7, 11) is 0. The van der Waals surface area contributed by atoms with Crippen LogP contribution < -0.4 is 0 Å². The molecule has 0 spiro atoms. The van der Waals surface area contributed by atoms with Gasteiger partial charge in [0.1, 0.15) is 11.5 Å². The van der Waals surface area contributed by atoms with Gasteiger partial charge in [0.2, 0.25) is 0 Å². The number of pyridine rings is 1. The first-order valence-corrected chi connectivity index (χ1v) is 7.36. The minimum absolute atomic E-state index is 0.0591. The number of rotatable bonds is 4. The predicted octanol–water partition coefficient (Wildman–Crippen LogP) is 2.99. The third-order valence-electron chi connectivity index (χ3n) is 3.21. The van der Waals surface area contributed by atoms with Gasteiger partial charge in [-0.05, 0) is 24.3 Å². The number of halogens is 2. The molecule has 8 heteroatoms. The SMILES string of the molecule is O=C(O)c1nnn(Cc2ccc(Br)cc2F)c1-c1cccnc1. The number of nitrogens with zero attached hydrogens (tertiary/aromatic N) is 4. The van der Waals surface area contributed by atoms with E-state index < -0.39 is 11.8 Å². The van der Waals surface area contributed by atoms with E-state index in [1.54, 1.807) is 30.5 Å². The van der Waals surface area contributed by atoms with Crippen LogP contribution in [0.3, 0.4) is 0 Å². The van der Waals surface area contributed by atoms with Crippen molar-refractivity contribution in [2.24, 2.45) is 0 Å². The largest absolute Gasteiger partial charge is 0.476 e. The molecule has 0 aliphatic rings. The fraction of sp³-hybridized carbons (Fsp3) is 0.0667. The Balaban J connectivity index is 2.08. The van der Waals surface area contributed by atoms with E-state index in [9.17, 15) is 14.3 Å². The Bertz CT molecular complexity index is 867. The summed E-state index contributed by atoms with van der Waals surface area (Å²) in [6.07, 6.45) is 3.09. The summed E-state index contributed by atoms with van der Waals surface area (Å²) in [6.45, 7) is 0.0591. The zero-order chi connectivity index (χ0) is 16.4. The van der Waals surface area contributed by atoms with Crippen LogP contribution in [0, 0.1) is 5.82 Å². The molecule has 1 N–H and O–H groups in total. The van der Waals surface area contributed by atoms with Gasteiger partial charge in [0, 0.05) is 28.0 Å². The van der Waals surface area contributed by atoms with Crippen molar-refractivity contribution in [3.8, 4) is 11.3 Å². The number of hydrogen-bond acceptors (Lipinski definition) is 4. The van der Waals surface area contributed by atoms with Crippen molar-refractivity contribution in [2.75, 3.05) is 0 Å². The fourth-order valence-corrected chi connectivity index (χ4v) is 2.50. The monoisotopic (exact) mass is 376 g/mol. The second-order valence-electron chi connectivity index (χ2n) is 4.73. The summed E-state index contributed by atoms with van der Waals surface area (Å²) in [5, 5.41) is 16.8. The van der Waals surface area contributed by atoms with Gasteiger partial charge >= 0.3 is 5.97 Å². The summed E-state index contributed by atoms with van der Waals surface area (Å²) < 4.78 is 16.0. The fourth-order valence-electron chi connectivity index (χ4n) is 2.17. The topological polar surface area (TPSA) is 80.9 Å². The Morgan fingerprint density at radius 2 is 2.17 bits per heavy atom. The van der Waals surface area contributed by atoms with E-state index >= 15 is 0 Å². The molecule has 3 rings (SSSR count). The molecule has 0 bridgehead atoms. The third kappa shape index (κ3) is 3.11. The molecule has 2 aromatic heterocycles. The molecule has 0 saturated carbocycles. The number of carboxylic acid groups (broad SMARTS) is 1. The van der Waals surface area contributed by atoms with Crippen molar-refractivity contribution >= 4 is 21.9 Å². The minimum atomic E-state index is -1.20. The number of carboxylic acids is 1. The Morgan fingerprint density at radius 3 is 2.83 bits per heavy atom. The summed E-state index contributed by atoms with van der Waals surface area (Å²) in [6, 6.07) is 8.03. The van der Waals surface area contributed by atoms with Crippen LogP contribution in [0.1, 0.15) is 16.1 Å². The molecule has 3 aromatic rings. The van der Waals surface area contributed by atoms with Gasteiger partial charge in [0.25, 0.3) is 0 Å². The van der Waals surface area contributed by atoms with E-state index in [1.165, 1.54) is 16.9 Å². The lowest BCUT2D eigenvalue weighted by Crippen LogP contribution is -2.07. The zero-order valence-electron chi connectivity index (χ0n) is 11.6. The average molecular weight is 377 g/mol. The summed E-state index contributed by atoms with van der Waals surface area (Å²) in [4.78, 5) is 15.3. The number of aromatic nitrogens is 4. The molecule has 0 unspecified atom stereocenters. The van der Waals surface area contributed by atoms with Gasteiger partial charge in [-0.2, -0.15) is 0 Å². The maximum Gasteiger partial charge on any atom is 0.358 e. The number of benzene rings is 1. The van der Waals surface area contributed by atoms with Crippen LogP contribution in [0.4, 0.5) is 4.39 Å². The van der Waals surface area contributed by atoms with Gasteiger partial charge < -0.3 is 5.11 Å². The average Bonchev–Trinajstić information content (AvgIpc) is 2.95. The highest BCUT2D eigenvalue weighted by atomic mass is 79.9. The van der Waals surface area contributed by atoms with Crippen molar-refractivity contribution in [1.29, 1.82) is 0 Å². The molecule has 0 atom stereocenters. The molecule has 1 aromatic carbocycles. The first-order valence-electron chi connectivity index (χ1n) is 6.57. The predicted molar refractivity (Wildman–Crippen MR) is 83.4 cm³/mol. The number of aromatic carboxylic acids is 1. The molecule has 0 radical (unpaired) electrons. The summed E-state index contributed by atoms with van der Waals surface area (Å²) in [5.74, 6) is -1.62. The first-order chi connectivity index (χ1) is 11.1. The van der Waals surface area contributed by atoms with Crippen LogP contribution >= 0.6 is 15.9 Å². The normalized spacial score (nSPS) is 10.7. The molecular formula is C15H10BrFN4O2.